The van der Waals surface area contributed by atoms with E-state index in [1.165, 1.54) is 44.1 Å². The Morgan fingerprint density at radius 2 is 1.32 bits per heavy atom. The first-order valence-electron chi connectivity index (χ1n) is 13.6. The number of allylic oxidation sites excluding steroid dienone is 1. The lowest BCUT2D eigenvalue weighted by molar-refractivity contribution is 0.402. The summed E-state index contributed by atoms with van der Waals surface area (Å²) >= 11 is 0. The van der Waals surface area contributed by atoms with Crippen LogP contribution in [-0.4, -0.2) is 24.0 Å². The highest BCUT2D eigenvalue weighted by molar-refractivity contribution is 6.80. The topological polar surface area (TPSA) is 9.23 Å². The minimum Gasteiger partial charge on any atom is -0.496 e. The van der Waals surface area contributed by atoms with Gasteiger partial charge in [0.05, 0.1) is 24.0 Å². The SMILES string of the molecule is COc1c(C2([Si](C)(C)C)C=Cc3ccccc32)cc(C)c([Si](C)C)c1C(c1ccccc1)c1ccccc1. The average molecular weight is 532 g/mol. The number of rotatable bonds is 7. The number of methoxy groups -OCH3 is 1. The van der Waals surface area contributed by atoms with Crippen LogP contribution >= 0.6 is 0 Å². The molecule has 38 heavy (non-hydrogen) atoms. The van der Waals surface area contributed by atoms with Gasteiger partial charge in [-0.05, 0) is 29.2 Å². The third kappa shape index (κ3) is 4.22. The molecule has 193 valence electrons. The first kappa shape index (κ1) is 26.5. The second-order valence-corrected chi connectivity index (χ2v) is 19.6. The minimum absolute atomic E-state index is 0.0974. The summed E-state index contributed by atoms with van der Waals surface area (Å²) in [6.07, 6.45) is 4.84. The van der Waals surface area contributed by atoms with E-state index in [0.717, 1.165) is 5.75 Å². The van der Waals surface area contributed by atoms with E-state index < -0.39 is 16.9 Å². The zero-order valence-corrected chi connectivity index (χ0v) is 25.8. The van der Waals surface area contributed by atoms with Crippen LogP contribution < -0.4 is 9.92 Å². The van der Waals surface area contributed by atoms with Crippen LogP contribution in [-0.2, 0) is 5.04 Å². The second kappa shape index (κ2) is 10.2. The Kier molecular flexibility index (Phi) is 7.10. The van der Waals surface area contributed by atoms with Crippen molar-refractivity contribution in [1.29, 1.82) is 0 Å². The smallest absolute Gasteiger partial charge is 0.127 e. The van der Waals surface area contributed by atoms with Crippen LogP contribution in [0.15, 0.2) is 97.1 Å². The van der Waals surface area contributed by atoms with Crippen LogP contribution in [0.5, 0.6) is 5.75 Å². The molecule has 0 N–H and O–H groups in total. The second-order valence-electron chi connectivity index (χ2n) is 11.8. The maximum atomic E-state index is 6.60. The maximum Gasteiger partial charge on any atom is 0.127 e. The molecule has 1 aliphatic carbocycles. The Morgan fingerprint density at radius 3 is 1.84 bits per heavy atom. The molecule has 0 saturated carbocycles. The van der Waals surface area contributed by atoms with E-state index in [4.69, 9.17) is 4.74 Å². The van der Waals surface area contributed by atoms with Crippen molar-refractivity contribution >= 4 is 28.1 Å². The lowest BCUT2D eigenvalue weighted by atomic mass is 9.80. The standard InChI is InChI=1S/C35H39OSi2/c1-25-24-30(35(38(5,6)7)23-22-26-16-14-15-21-29(26)35)33(36-2)32(34(25)37(3)4)31(27-17-10-8-11-18-27)28-19-12-9-13-20-28/h8-24,31H,1-7H3. The van der Waals surface area contributed by atoms with Gasteiger partial charge in [0.15, 0.2) is 0 Å². The summed E-state index contributed by atoms with van der Waals surface area (Å²) in [6, 6.07) is 33.4. The molecular weight excluding hydrogens is 493 g/mol. The van der Waals surface area contributed by atoms with Gasteiger partial charge < -0.3 is 4.74 Å². The number of ether oxygens (including phenoxy) is 1. The molecule has 0 fully saturated rings. The Labute approximate surface area is 231 Å². The van der Waals surface area contributed by atoms with Crippen LogP contribution in [0, 0.1) is 6.92 Å². The first-order valence-corrected chi connectivity index (χ1v) is 19.6. The van der Waals surface area contributed by atoms with Gasteiger partial charge in [0.25, 0.3) is 0 Å². The summed E-state index contributed by atoms with van der Waals surface area (Å²) in [5.41, 5.74) is 9.45. The quantitative estimate of drug-likeness (QED) is 0.172. The minimum atomic E-state index is -1.86. The van der Waals surface area contributed by atoms with Crippen molar-refractivity contribution in [3.8, 4) is 5.75 Å². The molecule has 4 aromatic rings. The van der Waals surface area contributed by atoms with Gasteiger partial charge in [-0.15, -0.1) is 0 Å². The first-order chi connectivity index (χ1) is 18.2. The molecule has 1 atom stereocenters. The molecule has 0 saturated heterocycles. The molecule has 1 radical (unpaired) electrons. The van der Waals surface area contributed by atoms with E-state index in [9.17, 15) is 0 Å². The van der Waals surface area contributed by atoms with Crippen molar-refractivity contribution < 1.29 is 4.74 Å². The summed E-state index contributed by atoms with van der Waals surface area (Å²) in [5, 5.41) is 1.33. The van der Waals surface area contributed by atoms with Crippen LogP contribution in [0.2, 0.25) is 32.7 Å². The number of aryl methyl sites for hydroxylation is 1. The van der Waals surface area contributed by atoms with E-state index in [0.29, 0.717) is 0 Å². The molecule has 1 aliphatic rings. The highest BCUT2D eigenvalue weighted by Crippen LogP contribution is 2.53. The van der Waals surface area contributed by atoms with Crippen molar-refractivity contribution in [2.24, 2.45) is 0 Å². The van der Waals surface area contributed by atoms with Gasteiger partial charge in [0.1, 0.15) is 5.75 Å². The summed E-state index contributed by atoms with van der Waals surface area (Å²) < 4.78 is 6.60. The summed E-state index contributed by atoms with van der Waals surface area (Å²) in [5.74, 6) is 1.17. The fourth-order valence-corrected chi connectivity index (χ4v) is 11.0. The van der Waals surface area contributed by atoms with E-state index in [1.807, 2.05) is 7.11 Å². The van der Waals surface area contributed by atoms with Gasteiger partial charge in [-0.1, -0.05) is 147 Å². The monoisotopic (exact) mass is 531 g/mol. The number of fused-ring (bicyclic) bond motifs is 1. The van der Waals surface area contributed by atoms with Gasteiger partial charge >= 0.3 is 0 Å². The molecule has 0 spiro atoms. The Hall–Kier alpha value is -3.15. The summed E-state index contributed by atoms with van der Waals surface area (Å²) in [6.45, 7) is 14.7. The van der Waals surface area contributed by atoms with Gasteiger partial charge in [-0.2, -0.15) is 0 Å². The van der Waals surface area contributed by atoms with E-state index in [1.54, 1.807) is 0 Å². The molecule has 0 aliphatic heterocycles. The lowest BCUT2D eigenvalue weighted by Gasteiger charge is -2.43. The molecule has 1 nitrogen and oxygen atoms in total. The fraction of sp³-hybridized carbons (Fsp3) is 0.257. The molecule has 0 heterocycles. The van der Waals surface area contributed by atoms with Crippen LogP contribution in [0.4, 0.5) is 0 Å². The average Bonchev–Trinajstić information content (AvgIpc) is 3.30. The van der Waals surface area contributed by atoms with Crippen molar-refractivity contribution in [2.45, 2.75) is 50.6 Å². The molecule has 3 heteroatoms. The third-order valence-corrected chi connectivity index (χ3v) is 13.0. The number of hydrogen-bond donors (Lipinski definition) is 0. The van der Waals surface area contributed by atoms with E-state index >= 15 is 0 Å². The number of hydrogen-bond acceptors (Lipinski definition) is 1. The summed E-state index contributed by atoms with van der Waals surface area (Å²) in [4.78, 5) is 0. The Balaban J connectivity index is 1.93. The predicted molar refractivity (Wildman–Crippen MR) is 168 cm³/mol. The largest absolute Gasteiger partial charge is 0.496 e. The Bertz CT molecular complexity index is 1430. The van der Waals surface area contributed by atoms with Gasteiger partial charge in [0.2, 0.25) is 0 Å². The van der Waals surface area contributed by atoms with Gasteiger partial charge in [-0.25, -0.2) is 0 Å². The molecule has 5 rings (SSSR count). The third-order valence-electron chi connectivity index (χ3n) is 8.28. The van der Waals surface area contributed by atoms with Crippen LogP contribution in [0.1, 0.15) is 44.9 Å². The van der Waals surface area contributed by atoms with Crippen LogP contribution in [0.3, 0.4) is 0 Å². The zero-order chi connectivity index (χ0) is 27.1. The van der Waals surface area contributed by atoms with Crippen molar-refractivity contribution in [3.05, 3.63) is 136 Å². The summed E-state index contributed by atoms with van der Waals surface area (Å²) in [7, 11) is -0.776. The van der Waals surface area contributed by atoms with E-state index in [-0.39, 0.29) is 11.0 Å². The molecule has 0 bridgehead atoms. The highest BCUT2D eigenvalue weighted by atomic mass is 28.3. The molecule has 0 amide bonds. The Morgan fingerprint density at radius 1 is 0.763 bits per heavy atom. The van der Waals surface area contributed by atoms with Gasteiger partial charge in [-0.3, -0.25) is 0 Å². The molecule has 1 unspecified atom stereocenters. The van der Waals surface area contributed by atoms with Crippen LogP contribution in [0.25, 0.3) is 6.08 Å². The van der Waals surface area contributed by atoms with Crippen molar-refractivity contribution in [1.82, 2.24) is 0 Å². The molecular formula is C35H39OSi2. The van der Waals surface area contributed by atoms with Crippen molar-refractivity contribution in [2.75, 3.05) is 7.11 Å². The molecule has 0 aromatic heterocycles. The van der Waals surface area contributed by atoms with E-state index in [2.05, 4.69) is 143 Å². The highest BCUT2D eigenvalue weighted by Gasteiger charge is 2.50. The molecule has 4 aromatic carbocycles. The zero-order valence-electron chi connectivity index (χ0n) is 23.8. The normalized spacial score (nSPS) is 16.8. The van der Waals surface area contributed by atoms with Crippen molar-refractivity contribution in [3.63, 3.8) is 0 Å². The maximum absolute atomic E-state index is 6.60. The predicted octanol–water partition coefficient (Wildman–Crippen LogP) is 8.34. The van der Waals surface area contributed by atoms with Gasteiger partial charge in [0, 0.05) is 22.1 Å². The fourth-order valence-electron chi connectivity index (χ4n) is 6.69. The number of benzene rings is 4. The lowest BCUT2D eigenvalue weighted by Crippen LogP contribution is -2.49.